The van der Waals surface area contributed by atoms with E-state index >= 15 is 0 Å². The molecule has 2 nitrogen and oxygen atoms in total. The first-order valence-electron chi connectivity index (χ1n) is 4.34. The highest BCUT2D eigenvalue weighted by molar-refractivity contribution is 9.10. The molecular formula is C10H8BrF3O2. The number of benzene rings is 1. The van der Waals surface area contributed by atoms with Gasteiger partial charge in [0.25, 0.3) is 0 Å². The molecule has 0 radical (unpaired) electrons. The largest absolute Gasteiger partial charge is 0.481 e. The van der Waals surface area contributed by atoms with Crippen LogP contribution in [0.4, 0.5) is 13.2 Å². The molecule has 1 atom stereocenters. The molecule has 0 heterocycles. The second-order valence-electron chi connectivity index (χ2n) is 3.24. The molecule has 0 amide bonds. The van der Waals surface area contributed by atoms with Crippen molar-refractivity contribution in [1.82, 2.24) is 0 Å². The third-order valence-electron chi connectivity index (χ3n) is 2.05. The minimum Gasteiger partial charge on any atom is -0.481 e. The van der Waals surface area contributed by atoms with Gasteiger partial charge in [-0.3, -0.25) is 4.79 Å². The Kier molecular flexibility index (Phi) is 3.96. The van der Waals surface area contributed by atoms with E-state index in [9.17, 15) is 18.0 Å². The first-order chi connectivity index (χ1) is 7.30. The van der Waals surface area contributed by atoms with Crippen LogP contribution in [0.5, 0.6) is 0 Å². The van der Waals surface area contributed by atoms with Crippen LogP contribution in [-0.4, -0.2) is 17.3 Å². The van der Waals surface area contributed by atoms with Crippen molar-refractivity contribution in [1.29, 1.82) is 0 Å². The summed E-state index contributed by atoms with van der Waals surface area (Å²) in [6.07, 6.45) is -5.50. The monoisotopic (exact) mass is 296 g/mol. The lowest BCUT2D eigenvalue weighted by molar-refractivity contribution is -0.163. The molecule has 0 aliphatic heterocycles. The predicted molar refractivity (Wildman–Crippen MR) is 55.2 cm³/mol. The van der Waals surface area contributed by atoms with Crippen molar-refractivity contribution in [2.75, 3.05) is 0 Å². The lowest BCUT2D eigenvalue weighted by Gasteiger charge is -2.18. The quantitative estimate of drug-likeness (QED) is 0.926. The zero-order chi connectivity index (χ0) is 12.3. The molecule has 0 saturated heterocycles. The van der Waals surface area contributed by atoms with Crippen molar-refractivity contribution in [2.45, 2.75) is 18.5 Å². The van der Waals surface area contributed by atoms with Crippen LogP contribution in [0.3, 0.4) is 0 Å². The normalized spacial score (nSPS) is 13.5. The fraction of sp³-hybridized carbons (Fsp3) is 0.300. The van der Waals surface area contributed by atoms with Crippen molar-refractivity contribution in [3.63, 3.8) is 0 Å². The molecular weight excluding hydrogens is 289 g/mol. The molecule has 0 saturated carbocycles. The summed E-state index contributed by atoms with van der Waals surface area (Å²) < 4.78 is 38.4. The summed E-state index contributed by atoms with van der Waals surface area (Å²) in [6, 6.07) is 5.45. The summed E-state index contributed by atoms with van der Waals surface area (Å²) in [5, 5.41) is 8.45. The van der Waals surface area contributed by atoms with Crippen molar-refractivity contribution in [3.05, 3.63) is 34.3 Å². The fourth-order valence-corrected chi connectivity index (χ4v) is 1.56. The molecule has 1 N–H and O–H groups in total. The van der Waals surface area contributed by atoms with Gasteiger partial charge in [-0.15, -0.1) is 0 Å². The maximum atomic E-state index is 12.6. The Morgan fingerprint density at radius 2 is 1.81 bits per heavy atom. The number of hydrogen-bond acceptors (Lipinski definition) is 1. The Labute approximate surface area is 98.2 Å². The molecule has 1 aromatic rings. The molecule has 1 unspecified atom stereocenters. The maximum Gasteiger partial charge on any atom is 0.396 e. The molecule has 0 aliphatic rings. The van der Waals surface area contributed by atoms with E-state index < -0.39 is 24.5 Å². The van der Waals surface area contributed by atoms with Gasteiger partial charge in [0, 0.05) is 4.47 Å². The summed E-state index contributed by atoms with van der Waals surface area (Å²) >= 11 is 3.10. The molecule has 1 rings (SSSR count). The maximum absolute atomic E-state index is 12.6. The van der Waals surface area contributed by atoms with Crippen LogP contribution in [0.2, 0.25) is 0 Å². The Morgan fingerprint density at radius 3 is 2.19 bits per heavy atom. The van der Waals surface area contributed by atoms with E-state index in [1.54, 1.807) is 0 Å². The van der Waals surface area contributed by atoms with Crippen molar-refractivity contribution < 1.29 is 23.1 Å². The van der Waals surface area contributed by atoms with Crippen molar-refractivity contribution in [3.8, 4) is 0 Å². The number of carbonyl (C=O) groups is 1. The van der Waals surface area contributed by atoms with Crippen LogP contribution in [0.25, 0.3) is 0 Å². The number of carboxylic acids is 1. The van der Waals surface area contributed by atoms with Gasteiger partial charge in [-0.1, -0.05) is 28.1 Å². The van der Waals surface area contributed by atoms with Gasteiger partial charge >= 0.3 is 12.1 Å². The number of halogens is 4. The standard InChI is InChI=1S/C10H8BrF3O2/c11-7-3-1-6(2-4-7)8(5-9(15)16)10(12,13)14/h1-4,8H,5H2,(H,15,16). The minimum absolute atomic E-state index is 0.0434. The van der Waals surface area contributed by atoms with E-state index in [1.807, 2.05) is 0 Å². The van der Waals surface area contributed by atoms with Gasteiger partial charge in [0.05, 0.1) is 12.3 Å². The molecule has 0 bridgehead atoms. The number of rotatable bonds is 3. The van der Waals surface area contributed by atoms with E-state index in [0.29, 0.717) is 4.47 Å². The van der Waals surface area contributed by atoms with E-state index in [-0.39, 0.29) is 5.56 Å². The summed E-state index contributed by atoms with van der Waals surface area (Å²) in [6.45, 7) is 0. The Hall–Kier alpha value is -1.04. The topological polar surface area (TPSA) is 37.3 Å². The third kappa shape index (κ3) is 3.52. The number of hydrogen-bond donors (Lipinski definition) is 1. The summed E-state index contributed by atoms with van der Waals surface area (Å²) in [4.78, 5) is 10.4. The van der Waals surface area contributed by atoms with E-state index in [1.165, 1.54) is 24.3 Å². The first-order valence-corrected chi connectivity index (χ1v) is 5.14. The number of aliphatic carboxylic acids is 1. The van der Waals surface area contributed by atoms with Gasteiger partial charge in [0.1, 0.15) is 0 Å². The average molecular weight is 297 g/mol. The Bertz CT molecular complexity index is 373. The fourth-order valence-electron chi connectivity index (χ4n) is 1.29. The van der Waals surface area contributed by atoms with Crippen LogP contribution in [-0.2, 0) is 4.79 Å². The smallest absolute Gasteiger partial charge is 0.396 e. The first kappa shape index (κ1) is 13.0. The summed E-state index contributed by atoms with van der Waals surface area (Å²) in [7, 11) is 0. The molecule has 1 aromatic carbocycles. The van der Waals surface area contributed by atoms with E-state index in [0.717, 1.165) is 0 Å². The van der Waals surface area contributed by atoms with Crippen molar-refractivity contribution in [2.24, 2.45) is 0 Å². The zero-order valence-electron chi connectivity index (χ0n) is 7.96. The molecule has 6 heteroatoms. The van der Waals surface area contributed by atoms with E-state index in [4.69, 9.17) is 5.11 Å². The van der Waals surface area contributed by atoms with Gasteiger partial charge in [0.2, 0.25) is 0 Å². The Morgan fingerprint density at radius 1 is 1.31 bits per heavy atom. The van der Waals surface area contributed by atoms with Crippen LogP contribution in [0, 0.1) is 0 Å². The zero-order valence-corrected chi connectivity index (χ0v) is 9.55. The summed E-state index contributed by atoms with van der Waals surface area (Å²) in [5.74, 6) is -3.43. The molecule has 88 valence electrons. The van der Waals surface area contributed by atoms with Gasteiger partial charge in [-0.05, 0) is 17.7 Å². The minimum atomic E-state index is -4.55. The van der Waals surface area contributed by atoms with Gasteiger partial charge < -0.3 is 5.11 Å². The van der Waals surface area contributed by atoms with Gasteiger partial charge in [-0.25, -0.2) is 0 Å². The van der Waals surface area contributed by atoms with Crippen LogP contribution < -0.4 is 0 Å². The molecule has 16 heavy (non-hydrogen) atoms. The van der Waals surface area contributed by atoms with Gasteiger partial charge in [0.15, 0.2) is 0 Å². The highest BCUT2D eigenvalue weighted by Crippen LogP contribution is 2.37. The molecule has 0 fully saturated rings. The molecule has 0 spiro atoms. The average Bonchev–Trinajstić information content (AvgIpc) is 2.14. The highest BCUT2D eigenvalue weighted by Gasteiger charge is 2.41. The second kappa shape index (κ2) is 4.86. The molecule has 0 aliphatic carbocycles. The van der Waals surface area contributed by atoms with Crippen LogP contribution in [0.15, 0.2) is 28.7 Å². The van der Waals surface area contributed by atoms with Crippen LogP contribution in [0.1, 0.15) is 17.9 Å². The number of carboxylic acid groups (broad SMARTS) is 1. The predicted octanol–water partition coefficient (Wildman–Crippen LogP) is 3.57. The Balaban J connectivity index is 3.01. The molecule has 0 aromatic heterocycles. The second-order valence-corrected chi connectivity index (χ2v) is 4.16. The third-order valence-corrected chi connectivity index (χ3v) is 2.57. The highest BCUT2D eigenvalue weighted by atomic mass is 79.9. The lowest BCUT2D eigenvalue weighted by Crippen LogP contribution is -2.23. The van der Waals surface area contributed by atoms with Gasteiger partial charge in [-0.2, -0.15) is 13.2 Å². The summed E-state index contributed by atoms with van der Waals surface area (Å²) in [5.41, 5.74) is -0.0434. The van der Waals surface area contributed by atoms with Crippen LogP contribution >= 0.6 is 15.9 Å². The SMILES string of the molecule is O=C(O)CC(c1ccc(Br)cc1)C(F)(F)F. The van der Waals surface area contributed by atoms with Crippen molar-refractivity contribution >= 4 is 21.9 Å². The number of alkyl halides is 3. The van der Waals surface area contributed by atoms with E-state index in [2.05, 4.69) is 15.9 Å². The lowest BCUT2D eigenvalue weighted by atomic mass is 9.95.